The fourth-order valence-corrected chi connectivity index (χ4v) is 10.2. The maximum Gasteiger partial charge on any atom is 0.472 e. The lowest BCUT2D eigenvalue weighted by Gasteiger charge is -2.41. The summed E-state index contributed by atoms with van der Waals surface area (Å²) in [6.45, 7) is 3.36. The summed E-state index contributed by atoms with van der Waals surface area (Å²) in [7, 11) is -5.12. The lowest BCUT2D eigenvalue weighted by molar-refractivity contribution is -0.220. The molecule has 13 nitrogen and oxygen atoms in total. The van der Waals surface area contributed by atoms with Gasteiger partial charge in [-0.25, -0.2) is 4.57 Å². The van der Waals surface area contributed by atoms with Gasteiger partial charge in [0.25, 0.3) is 0 Å². The number of hydrogen-bond acceptors (Lipinski definition) is 12. The van der Waals surface area contributed by atoms with Crippen molar-refractivity contribution in [2.75, 3.05) is 13.2 Å². The molecular weight excluding hydrogens is 912 g/mol. The van der Waals surface area contributed by atoms with Crippen molar-refractivity contribution in [2.45, 2.75) is 320 Å². The number of phosphoric acid groups is 1. The minimum atomic E-state index is -5.12. The van der Waals surface area contributed by atoms with Crippen molar-refractivity contribution in [3.05, 3.63) is 12.2 Å². The number of allylic oxidation sites excluding steroid dienone is 2. The van der Waals surface area contributed by atoms with Gasteiger partial charge >= 0.3 is 19.8 Å². The molecule has 0 heterocycles. The summed E-state index contributed by atoms with van der Waals surface area (Å²) < 4.78 is 33.8. The standard InChI is InChI=1S/C56H107O13P/c1-3-5-7-9-11-13-15-17-19-21-23-24-25-26-27-29-31-33-35-37-39-41-43-45-50(58)68-48(47-67-70(64,65)69-56-54(62)52(60)51(59)53(61)55(56)63)46-66-49(57)44-42-40-38-36-34-32-30-28-22-20-18-16-14-12-10-8-6-4-2/h21,23,48,51-56,59-63H,3-20,22,24-47H2,1-2H3,(H,64,65)/b23-21-. The number of carbonyl (C=O) groups is 2. The average molecular weight is 1020 g/mol. The molecule has 6 atom stereocenters. The van der Waals surface area contributed by atoms with Crippen LogP contribution < -0.4 is 0 Å². The summed E-state index contributed by atoms with van der Waals surface area (Å²) in [5.74, 6) is -1.08. The summed E-state index contributed by atoms with van der Waals surface area (Å²) in [6.07, 6.45) is 39.7. The molecule has 1 saturated carbocycles. The number of aliphatic hydroxyl groups excluding tert-OH is 5. The molecule has 0 aliphatic heterocycles. The molecule has 0 aromatic heterocycles. The van der Waals surface area contributed by atoms with E-state index in [-0.39, 0.29) is 12.8 Å². The molecule has 0 radical (unpaired) electrons. The predicted octanol–water partition coefficient (Wildman–Crippen LogP) is 13.4. The predicted molar refractivity (Wildman–Crippen MR) is 281 cm³/mol. The first-order valence-electron chi connectivity index (χ1n) is 29.0. The number of aliphatic hydroxyl groups is 5. The van der Waals surface area contributed by atoms with Crippen LogP contribution in [0.3, 0.4) is 0 Å². The number of carbonyl (C=O) groups excluding carboxylic acids is 2. The van der Waals surface area contributed by atoms with Crippen LogP contribution in [0.2, 0.25) is 0 Å². The van der Waals surface area contributed by atoms with E-state index in [2.05, 4.69) is 26.0 Å². The highest BCUT2D eigenvalue weighted by Gasteiger charge is 2.51. The highest BCUT2D eigenvalue weighted by molar-refractivity contribution is 7.47. The Morgan fingerprint density at radius 3 is 1.09 bits per heavy atom. The van der Waals surface area contributed by atoms with Gasteiger partial charge in [-0.15, -0.1) is 0 Å². The van der Waals surface area contributed by atoms with Crippen LogP contribution in [0.5, 0.6) is 0 Å². The first kappa shape index (κ1) is 66.6. The zero-order chi connectivity index (χ0) is 51.3. The van der Waals surface area contributed by atoms with Crippen molar-refractivity contribution >= 4 is 19.8 Å². The third-order valence-electron chi connectivity index (χ3n) is 13.9. The van der Waals surface area contributed by atoms with Crippen molar-refractivity contribution in [1.29, 1.82) is 0 Å². The first-order chi connectivity index (χ1) is 33.9. The Morgan fingerprint density at radius 2 is 0.729 bits per heavy atom. The summed E-state index contributed by atoms with van der Waals surface area (Å²) in [4.78, 5) is 36.0. The van der Waals surface area contributed by atoms with Gasteiger partial charge in [-0.05, 0) is 38.5 Å². The molecule has 1 rings (SSSR count). The molecule has 0 amide bonds. The van der Waals surface area contributed by atoms with E-state index < -0.39 is 75.7 Å². The topological polar surface area (TPSA) is 210 Å². The van der Waals surface area contributed by atoms with E-state index in [0.717, 1.165) is 44.9 Å². The van der Waals surface area contributed by atoms with Crippen molar-refractivity contribution in [3.8, 4) is 0 Å². The molecule has 0 saturated heterocycles. The second-order valence-corrected chi connectivity index (χ2v) is 21.9. The molecule has 0 spiro atoms. The quantitative estimate of drug-likeness (QED) is 0.0145. The lowest BCUT2D eigenvalue weighted by Crippen LogP contribution is -2.64. The van der Waals surface area contributed by atoms with Gasteiger partial charge in [-0.2, -0.15) is 0 Å². The molecule has 70 heavy (non-hydrogen) atoms. The zero-order valence-electron chi connectivity index (χ0n) is 44.6. The summed E-state index contributed by atoms with van der Waals surface area (Å²) in [5.41, 5.74) is 0. The monoisotopic (exact) mass is 1020 g/mol. The van der Waals surface area contributed by atoms with Gasteiger partial charge in [-0.1, -0.05) is 238 Å². The van der Waals surface area contributed by atoms with Crippen molar-refractivity contribution in [3.63, 3.8) is 0 Å². The third kappa shape index (κ3) is 37.3. The van der Waals surface area contributed by atoms with Crippen LogP contribution in [0.1, 0.15) is 277 Å². The molecule has 6 N–H and O–H groups in total. The maximum absolute atomic E-state index is 12.9. The van der Waals surface area contributed by atoms with E-state index in [1.807, 2.05) is 0 Å². The minimum absolute atomic E-state index is 0.101. The molecule has 1 aliphatic rings. The van der Waals surface area contributed by atoms with Crippen LogP contribution in [0.15, 0.2) is 12.2 Å². The fraction of sp³-hybridized carbons (Fsp3) is 0.929. The largest absolute Gasteiger partial charge is 0.472 e. The van der Waals surface area contributed by atoms with E-state index in [1.165, 1.54) is 193 Å². The molecule has 6 unspecified atom stereocenters. The van der Waals surface area contributed by atoms with Crippen LogP contribution in [0, 0.1) is 0 Å². The Balaban J connectivity index is 2.32. The highest BCUT2D eigenvalue weighted by atomic mass is 31.2. The van der Waals surface area contributed by atoms with Gasteiger partial charge in [0, 0.05) is 12.8 Å². The van der Waals surface area contributed by atoms with Gasteiger partial charge in [0.1, 0.15) is 43.2 Å². The normalized spacial score (nSPS) is 20.7. The number of ether oxygens (including phenoxy) is 2. The number of rotatable bonds is 50. The molecule has 1 aliphatic carbocycles. The lowest BCUT2D eigenvalue weighted by atomic mass is 9.85. The number of hydrogen-bond donors (Lipinski definition) is 6. The minimum Gasteiger partial charge on any atom is -0.462 e. The van der Waals surface area contributed by atoms with Crippen molar-refractivity contribution in [1.82, 2.24) is 0 Å². The highest BCUT2D eigenvalue weighted by Crippen LogP contribution is 2.47. The Labute approximate surface area is 426 Å². The van der Waals surface area contributed by atoms with Gasteiger partial charge in [0.2, 0.25) is 0 Å². The van der Waals surface area contributed by atoms with Crippen molar-refractivity contribution in [2.24, 2.45) is 0 Å². The fourth-order valence-electron chi connectivity index (χ4n) is 9.23. The van der Waals surface area contributed by atoms with Gasteiger partial charge in [0.15, 0.2) is 6.10 Å². The van der Waals surface area contributed by atoms with Crippen LogP contribution in [-0.2, 0) is 32.7 Å². The van der Waals surface area contributed by atoms with E-state index in [1.54, 1.807) is 0 Å². The molecule has 14 heteroatoms. The molecule has 0 aromatic carbocycles. The van der Waals surface area contributed by atoms with Crippen molar-refractivity contribution < 1.29 is 63.1 Å². The second-order valence-electron chi connectivity index (χ2n) is 20.5. The molecule has 1 fully saturated rings. The van der Waals surface area contributed by atoms with E-state index in [9.17, 15) is 44.6 Å². The van der Waals surface area contributed by atoms with Crippen LogP contribution in [-0.4, -0.2) is 98.3 Å². The number of esters is 2. The molecule has 0 bridgehead atoms. The number of phosphoric ester groups is 1. The second kappa shape index (κ2) is 46.1. The van der Waals surface area contributed by atoms with Crippen LogP contribution in [0.25, 0.3) is 0 Å². The summed E-state index contributed by atoms with van der Waals surface area (Å²) >= 11 is 0. The number of unbranched alkanes of at least 4 members (excludes halogenated alkanes) is 36. The SMILES string of the molecule is CCCCCCCCCC/C=C\CCCCCCCCCCCCCC(=O)OC(COC(=O)CCCCCCCCCCCCCCCCCCCC)COP(=O)(O)OC1C(O)C(O)C(O)C(O)C1O. The van der Waals surface area contributed by atoms with E-state index >= 15 is 0 Å². The average Bonchev–Trinajstić information content (AvgIpc) is 3.34. The Kier molecular flexibility index (Phi) is 43.9. The van der Waals surface area contributed by atoms with Gasteiger partial charge < -0.3 is 39.9 Å². The zero-order valence-corrected chi connectivity index (χ0v) is 45.5. The smallest absolute Gasteiger partial charge is 0.462 e. The maximum atomic E-state index is 12.9. The third-order valence-corrected chi connectivity index (χ3v) is 14.8. The van der Waals surface area contributed by atoms with E-state index in [4.69, 9.17) is 18.5 Å². The molecule has 0 aromatic rings. The van der Waals surface area contributed by atoms with Gasteiger partial charge in [0.05, 0.1) is 6.61 Å². The van der Waals surface area contributed by atoms with Crippen LogP contribution in [0.4, 0.5) is 0 Å². The first-order valence-corrected chi connectivity index (χ1v) is 30.5. The molecule has 414 valence electrons. The van der Waals surface area contributed by atoms with Gasteiger partial charge in [-0.3, -0.25) is 18.6 Å². The van der Waals surface area contributed by atoms with E-state index in [0.29, 0.717) is 12.8 Å². The Morgan fingerprint density at radius 1 is 0.429 bits per heavy atom. The van der Waals surface area contributed by atoms with Crippen LogP contribution >= 0.6 is 7.82 Å². The Hall–Kier alpha value is -1.41. The summed E-state index contributed by atoms with van der Waals surface area (Å²) in [6, 6.07) is 0. The Bertz CT molecular complexity index is 1270. The summed E-state index contributed by atoms with van der Waals surface area (Å²) in [5, 5.41) is 50.4. The molecular formula is C56H107O13P.